The predicted molar refractivity (Wildman–Crippen MR) is 226 cm³/mol. The highest BCUT2D eigenvalue weighted by molar-refractivity contribution is 5.72. The van der Waals surface area contributed by atoms with E-state index in [4.69, 9.17) is 42.6 Å². The fraction of sp³-hybridized carbons (Fsp3) is 0.844. The van der Waals surface area contributed by atoms with Gasteiger partial charge in [-0.3, -0.25) is 9.59 Å². The molecule has 0 aromatic rings. The summed E-state index contributed by atoms with van der Waals surface area (Å²) in [6.45, 7) is 12.0. The van der Waals surface area contributed by atoms with Crippen molar-refractivity contribution in [2.24, 2.45) is 11.8 Å². The first-order valence-electron chi connectivity index (χ1n) is 22.2. The van der Waals surface area contributed by atoms with Gasteiger partial charge in [-0.1, -0.05) is 31.2 Å². The molecule has 62 heavy (non-hydrogen) atoms. The largest absolute Gasteiger partial charge is 0.462 e. The first-order chi connectivity index (χ1) is 29.2. The Kier molecular flexibility index (Phi) is 20.0. The van der Waals surface area contributed by atoms with Gasteiger partial charge in [0.1, 0.15) is 42.9 Å². The Labute approximate surface area is 368 Å². The fourth-order valence-electron chi connectivity index (χ4n) is 9.40. The van der Waals surface area contributed by atoms with Gasteiger partial charge in [0.25, 0.3) is 0 Å². The summed E-state index contributed by atoms with van der Waals surface area (Å²) < 4.78 is 56.3. The number of hydrogen-bond acceptors (Lipinski definition) is 17. The molecule has 3 saturated heterocycles. The van der Waals surface area contributed by atoms with Crippen molar-refractivity contribution in [1.82, 2.24) is 9.80 Å². The van der Waals surface area contributed by atoms with E-state index >= 15 is 0 Å². The molecule has 4 aliphatic heterocycles. The highest BCUT2D eigenvalue weighted by Crippen LogP contribution is 2.38. The molecule has 4 aliphatic rings. The van der Waals surface area contributed by atoms with Gasteiger partial charge in [0.2, 0.25) is 0 Å². The molecule has 19 atom stereocenters. The van der Waals surface area contributed by atoms with E-state index in [2.05, 4.69) is 4.90 Å². The second kappa shape index (κ2) is 23.7. The molecule has 0 spiro atoms. The number of aldehydes is 1. The van der Waals surface area contributed by atoms with E-state index in [-0.39, 0.29) is 37.3 Å². The van der Waals surface area contributed by atoms with Crippen molar-refractivity contribution in [2.75, 3.05) is 35.3 Å². The van der Waals surface area contributed by atoms with Crippen LogP contribution in [0.4, 0.5) is 0 Å². The number of ether oxygens (including phenoxy) is 9. The number of carbonyl (C=O) groups excluding carboxylic acids is 3. The molecule has 0 saturated carbocycles. The third-order valence-electron chi connectivity index (χ3n) is 12.7. The Hall–Kier alpha value is -2.39. The predicted octanol–water partition coefficient (Wildman–Crippen LogP) is 2.90. The molecular weight excluding hydrogens is 808 g/mol. The molecule has 4 rings (SSSR count). The summed E-state index contributed by atoms with van der Waals surface area (Å²) in [6.07, 6.45) is -1.81. The molecule has 3 fully saturated rings. The van der Waals surface area contributed by atoms with Gasteiger partial charge in [-0.25, -0.2) is 0 Å². The summed E-state index contributed by atoms with van der Waals surface area (Å²) in [7, 11) is 9.02. The summed E-state index contributed by atoms with van der Waals surface area (Å²) in [4.78, 5) is 42.7. The molecule has 356 valence electrons. The van der Waals surface area contributed by atoms with Gasteiger partial charge >= 0.3 is 11.9 Å². The fourth-order valence-corrected chi connectivity index (χ4v) is 9.40. The quantitative estimate of drug-likeness (QED) is 0.191. The van der Waals surface area contributed by atoms with E-state index in [1.54, 1.807) is 39.8 Å². The summed E-state index contributed by atoms with van der Waals surface area (Å²) in [5, 5.41) is 33.6. The van der Waals surface area contributed by atoms with Crippen molar-refractivity contribution in [3.8, 4) is 0 Å². The molecule has 4 heterocycles. The number of carbonyl (C=O) groups is 3. The van der Waals surface area contributed by atoms with Gasteiger partial charge in [0, 0.05) is 39.3 Å². The number of nitrogens with zero attached hydrogens (tertiary/aromatic N) is 2. The Morgan fingerprint density at radius 3 is 2.19 bits per heavy atom. The standard InChI is InChI=1S/C45H76N2O15/c1-25-22-31(20-21-48)41(62-44-39(51)38(47(10)11)40(28(4)58-44)61-37-24-45(7,53)43(52)29(5)57-37)42(54-12)34(59-30(6)49)23-35(50)55-26(2)16-14-13-15-17-33(25)60-36-19-18-32(46(8)9)27(3)56-36/h13-15,17,21,25-29,31-34,36-44,51-53H,16,18-20,22-24H2,1-12H3/b14-13-,17-15+/t25-,26-,27+,28-,29+,31+,32+,33+,34-,36-,37-,38+,39+,40+,41+,42-,43-,44+,45+/m1/s1. The second-order valence-electron chi connectivity index (χ2n) is 18.4. The van der Waals surface area contributed by atoms with Crippen LogP contribution in [0.25, 0.3) is 0 Å². The van der Waals surface area contributed by atoms with Crippen LogP contribution in [0, 0.1) is 11.8 Å². The van der Waals surface area contributed by atoms with Gasteiger partial charge in [-0.2, -0.15) is 0 Å². The number of likely N-dealkylation sites (N-methyl/N-ethyl adjacent to an activating group) is 2. The van der Waals surface area contributed by atoms with Crippen molar-refractivity contribution in [3.63, 3.8) is 0 Å². The lowest BCUT2D eigenvalue weighted by molar-refractivity contribution is -0.344. The number of aliphatic hydroxyl groups excluding tert-OH is 2. The average molecular weight is 885 g/mol. The van der Waals surface area contributed by atoms with E-state index < -0.39 is 109 Å². The number of rotatable bonds is 12. The summed E-state index contributed by atoms with van der Waals surface area (Å²) in [6, 6.07) is -0.509. The van der Waals surface area contributed by atoms with Crippen LogP contribution < -0.4 is 0 Å². The summed E-state index contributed by atoms with van der Waals surface area (Å²) >= 11 is 0. The summed E-state index contributed by atoms with van der Waals surface area (Å²) in [5.41, 5.74) is -1.49. The van der Waals surface area contributed by atoms with E-state index in [0.717, 1.165) is 12.7 Å². The van der Waals surface area contributed by atoms with Crippen LogP contribution in [0.15, 0.2) is 24.3 Å². The van der Waals surface area contributed by atoms with E-state index in [1.807, 2.05) is 52.2 Å². The van der Waals surface area contributed by atoms with Crippen LogP contribution in [0.2, 0.25) is 0 Å². The van der Waals surface area contributed by atoms with Crippen LogP contribution in [0.5, 0.6) is 0 Å². The first kappa shape index (κ1) is 52.2. The lowest BCUT2D eigenvalue weighted by Crippen LogP contribution is -2.65. The van der Waals surface area contributed by atoms with Crippen molar-refractivity contribution < 1.29 is 72.3 Å². The molecule has 3 N–H and O–H groups in total. The van der Waals surface area contributed by atoms with Crippen LogP contribution in [0.1, 0.15) is 93.4 Å². The zero-order chi connectivity index (χ0) is 46.1. The van der Waals surface area contributed by atoms with Gasteiger partial charge in [-0.15, -0.1) is 0 Å². The maximum absolute atomic E-state index is 13.4. The van der Waals surface area contributed by atoms with Crippen molar-refractivity contribution in [3.05, 3.63) is 24.3 Å². The molecule has 0 unspecified atom stereocenters. The zero-order valence-corrected chi connectivity index (χ0v) is 38.9. The minimum absolute atomic E-state index is 0.0293. The number of aliphatic hydroxyl groups is 3. The second-order valence-corrected chi connectivity index (χ2v) is 18.4. The molecule has 17 nitrogen and oxygen atoms in total. The first-order valence-corrected chi connectivity index (χ1v) is 22.2. The number of allylic oxidation sites excluding steroid dienone is 2. The molecular formula is C45H76N2O15. The average Bonchev–Trinajstić information content (AvgIpc) is 3.16. The number of hydrogen-bond donors (Lipinski definition) is 3. The van der Waals surface area contributed by atoms with Gasteiger partial charge in [0.15, 0.2) is 18.9 Å². The van der Waals surface area contributed by atoms with Gasteiger partial charge < -0.3 is 72.5 Å². The molecule has 0 bridgehead atoms. The normalized spacial score (nSPS) is 44.0. The lowest BCUT2D eigenvalue weighted by atomic mass is 9.82. The minimum Gasteiger partial charge on any atom is -0.462 e. The lowest BCUT2D eigenvalue weighted by Gasteiger charge is -2.50. The van der Waals surface area contributed by atoms with Gasteiger partial charge in [0.05, 0.1) is 48.6 Å². The van der Waals surface area contributed by atoms with Crippen LogP contribution in [-0.4, -0.2) is 182 Å². The molecule has 0 aliphatic carbocycles. The maximum Gasteiger partial charge on any atom is 0.309 e. The third-order valence-corrected chi connectivity index (χ3v) is 12.7. The zero-order valence-electron chi connectivity index (χ0n) is 38.9. The Bertz CT molecular complexity index is 1480. The smallest absolute Gasteiger partial charge is 0.309 e. The van der Waals surface area contributed by atoms with Crippen molar-refractivity contribution in [1.29, 1.82) is 0 Å². The Morgan fingerprint density at radius 1 is 0.903 bits per heavy atom. The highest BCUT2D eigenvalue weighted by atomic mass is 16.7. The molecule has 0 aromatic carbocycles. The maximum atomic E-state index is 13.4. The van der Waals surface area contributed by atoms with Crippen LogP contribution in [0.3, 0.4) is 0 Å². The van der Waals surface area contributed by atoms with Crippen LogP contribution >= 0.6 is 0 Å². The molecule has 17 heteroatoms. The van der Waals surface area contributed by atoms with E-state index in [9.17, 15) is 29.7 Å². The molecule has 0 radical (unpaired) electrons. The van der Waals surface area contributed by atoms with E-state index in [0.29, 0.717) is 19.3 Å². The Morgan fingerprint density at radius 2 is 1.60 bits per heavy atom. The van der Waals surface area contributed by atoms with Crippen molar-refractivity contribution >= 4 is 18.2 Å². The number of esters is 2. The highest BCUT2D eigenvalue weighted by Gasteiger charge is 2.52. The SMILES string of the molecule is CO[C@H]1[C@@H](O[C@@H]2O[C@H](C)[C@H](O[C@@H]3C[C@](C)(O)[C@H](O)[C@H](C)O3)[C@@H](N(C)C)[C@@H]2O)[C@@H](CC=O)C[C@@H](C)[C@@H](O[C@@H]2CC[C@H](N(C)C)[C@H](C)O2)/C=C/C=C\C[C@@H](C)OC(=O)C[C@H]1OC(C)=O. The van der Waals surface area contributed by atoms with Crippen LogP contribution in [-0.2, 0) is 57.0 Å². The minimum atomic E-state index is -1.49. The third kappa shape index (κ3) is 14.1. The molecule has 0 aromatic heterocycles. The van der Waals surface area contributed by atoms with Crippen molar-refractivity contribution in [2.45, 2.75) is 197 Å². The Balaban J connectivity index is 1.73. The summed E-state index contributed by atoms with van der Waals surface area (Å²) in [5.74, 6) is -2.21. The van der Waals surface area contributed by atoms with Gasteiger partial charge in [-0.05, 0) is 93.9 Å². The number of cyclic esters (lactones) is 1. The number of methoxy groups -OCH3 is 1. The topological polar surface area (TPSA) is 201 Å². The molecule has 0 amide bonds. The van der Waals surface area contributed by atoms with E-state index in [1.165, 1.54) is 21.0 Å². The monoisotopic (exact) mass is 885 g/mol.